The molecule has 3 aromatic rings. The van der Waals surface area contributed by atoms with Gasteiger partial charge < -0.3 is 4.90 Å². The highest BCUT2D eigenvalue weighted by molar-refractivity contribution is 7.16. The van der Waals surface area contributed by atoms with Crippen molar-refractivity contribution >= 4 is 34.5 Å². The zero-order chi connectivity index (χ0) is 24.0. The van der Waals surface area contributed by atoms with E-state index in [-0.39, 0.29) is 0 Å². The summed E-state index contributed by atoms with van der Waals surface area (Å²) in [6.45, 7) is 21.0. The normalized spacial score (nSPS) is 11.3. The molecule has 3 rings (SSSR count). The maximum atomic E-state index is 4.49. The molecule has 0 unspecified atom stereocenters. The number of benzene rings is 2. The van der Waals surface area contributed by atoms with E-state index >= 15 is 0 Å². The van der Waals surface area contributed by atoms with Gasteiger partial charge in [-0.15, -0.1) is 23.0 Å². The second kappa shape index (κ2) is 11.1. The third-order valence-corrected chi connectivity index (χ3v) is 7.22. The Morgan fingerprint density at radius 1 is 1.03 bits per heavy atom. The molecule has 0 aliphatic rings. The molecule has 2 aromatic carbocycles. The van der Waals surface area contributed by atoms with Crippen molar-refractivity contribution in [3.63, 3.8) is 0 Å². The Morgan fingerprint density at radius 2 is 1.64 bits per heavy atom. The Kier molecular flexibility index (Phi) is 8.18. The van der Waals surface area contributed by atoms with Crippen molar-refractivity contribution in [3.8, 4) is 11.1 Å². The molecule has 0 fully saturated rings. The lowest BCUT2D eigenvalue weighted by Crippen LogP contribution is -2.28. The maximum absolute atomic E-state index is 4.49. The SMILES string of the molecule is C=CCCc1ccc(-c2ccc(C(=C)c3c(N(CC)/C(C)=N\N=C)sc(C)c3C)cc2)cc1. The summed E-state index contributed by atoms with van der Waals surface area (Å²) >= 11 is 1.77. The van der Waals surface area contributed by atoms with Gasteiger partial charge in [0.25, 0.3) is 0 Å². The van der Waals surface area contributed by atoms with Gasteiger partial charge in [0.2, 0.25) is 0 Å². The molecule has 0 aliphatic carbocycles. The molecule has 0 saturated heterocycles. The van der Waals surface area contributed by atoms with Crippen molar-refractivity contribution in [2.24, 2.45) is 10.2 Å². The van der Waals surface area contributed by atoms with Crippen LogP contribution >= 0.6 is 11.3 Å². The van der Waals surface area contributed by atoms with Gasteiger partial charge in [-0.05, 0) is 73.9 Å². The summed E-state index contributed by atoms with van der Waals surface area (Å²) in [5, 5.41) is 9.06. The van der Waals surface area contributed by atoms with Gasteiger partial charge in [-0.1, -0.05) is 61.2 Å². The van der Waals surface area contributed by atoms with E-state index in [0.717, 1.165) is 41.4 Å². The summed E-state index contributed by atoms with van der Waals surface area (Å²) in [6, 6.07) is 17.5. The van der Waals surface area contributed by atoms with Crippen LogP contribution in [0.25, 0.3) is 16.7 Å². The third-order valence-electron chi connectivity index (χ3n) is 5.99. The Labute approximate surface area is 202 Å². The van der Waals surface area contributed by atoms with Crippen LogP contribution < -0.4 is 4.90 Å². The molecule has 0 atom stereocenters. The summed E-state index contributed by atoms with van der Waals surface area (Å²) in [6.07, 6.45) is 4.00. The standard InChI is InChI=1S/C29H33N3S/c1-8-10-11-24-12-14-26(15-13-24)27-18-16-25(17-19-27)21(4)28-20(3)22(5)33-29(28)32(9-2)23(6)31-30-7/h8,12-19H,1,4,7,9-11H2,2-3,5-6H3/b31-23-. The summed E-state index contributed by atoms with van der Waals surface area (Å²) < 4.78 is 0. The second-order valence-corrected chi connectivity index (χ2v) is 9.28. The summed E-state index contributed by atoms with van der Waals surface area (Å²) in [7, 11) is 0. The van der Waals surface area contributed by atoms with Crippen molar-refractivity contribution < 1.29 is 0 Å². The quantitative estimate of drug-likeness (QED) is 0.139. The topological polar surface area (TPSA) is 28.0 Å². The number of amidine groups is 1. The van der Waals surface area contributed by atoms with Gasteiger partial charge in [-0.2, -0.15) is 5.10 Å². The zero-order valence-corrected chi connectivity index (χ0v) is 21.0. The fraction of sp³-hybridized carbons (Fsp3) is 0.241. The fourth-order valence-electron chi connectivity index (χ4n) is 3.97. The highest BCUT2D eigenvalue weighted by Gasteiger charge is 2.22. The van der Waals surface area contributed by atoms with Gasteiger partial charge in [0.05, 0.1) is 0 Å². The van der Waals surface area contributed by atoms with E-state index in [1.807, 2.05) is 13.0 Å². The van der Waals surface area contributed by atoms with E-state index in [2.05, 4.69) is 104 Å². The van der Waals surface area contributed by atoms with Crippen LogP contribution in [0.1, 0.15) is 47.4 Å². The predicted octanol–water partition coefficient (Wildman–Crippen LogP) is 8.07. The highest BCUT2D eigenvalue weighted by Crippen LogP contribution is 2.41. The molecule has 0 bridgehead atoms. The molecule has 0 spiro atoms. The van der Waals surface area contributed by atoms with E-state index < -0.39 is 0 Å². The number of nitrogens with zero attached hydrogens (tertiary/aromatic N) is 3. The summed E-state index contributed by atoms with van der Waals surface area (Å²) in [5.41, 5.74) is 8.35. The van der Waals surface area contributed by atoms with Crippen LogP contribution in [0.15, 0.2) is 78.0 Å². The number of thiophene rings is 1. The molecule has 0 radical (unpaired) electrons. The molecule has 170 valence electrons. The van der Waals surface area contributed by atoms with Crippen LogP contribution in [-0.2, 0) is 6.42 Å². The number of hydrogen-bond donors (Lipinski definition) is 0. The minimum absolute atomic E-state index is 0.798. The van der Waals surface area contributed by atoms with E-state index in [4.69, 9.17) is 0 Å². The van der Waals surface area contributed by atoms with Crippen LogP contribution in [0.5, 0.6) is 0 Å². The average molecular weight is 456 g/mol. The molecule has 3 nitrogen and oxygen atoms in total. The summed E-state index contributed by atoms with van der Waals surface area (Å²) in [5.74, 6) is 0.828. The Bertz CT molecular complexity index is 1160. The molecule has 1 aromatic heterocycles. The summed E-state index contributed by atoms with van der Waals surface area (Å²) in [4.78, 5) is 3.47. The average Bonchev–Trinajstić information content (AvgIpc) is 3.12. The van der Waals surface area contributed by atoms with Crippen molar-refractivity contribution in [2.45, 2.75) is 40.5 Å². The lowest BCUT2D eigenvalue weighted by molar-refractivity contribution is 1.00. The molecule has 0 aliphatic heterocycles. The molecule has 0 saturated carbocycles. The van der Waals surface area contributed by atoms with Crippen LogP contribution in [0.4, 0.5) is 5.00 Å². The molecular formula is C29H33N3S. The highest BCUT2D eigenvalue weighted by atomic mass is 32.1. The van der Waals surface area contributed by atoms with Crippen LogP contribution in [-0.4, -0.2) is 19.1 Å². The van der Waals surface area contributed by atoms with Crippen molar-refractivity contribution in [1.82, 2.24) is 0 Å². The van der Waals surface area contributed by atoms with E-state index in [0.29, 0.717) is 0 Å². The van der Waals surface area contributed by atoms with Crippen molar-refractivity contribution in [3.05, 3.63) is 94.9 Å². The smallest absolute Gasteiger partial charge is 0.129 e. The van der Waals surface area contributed by atoms with Crippen molar-refractivity contribution in [2.75, 3.05) is 11.4 Å². The lowest BCUT2D eigenvalue weighted by atomic mass is 9.95. The first kappa shape index (κ1) is 24.4. The van der Waals surface area contributed by atoms with Crippen LogP contribution in [0.2, 0.25) is 0 Å². The van der Waals surface area contributed by atoms with E-state index in [1.165, 1.54) is 32.7 Å². The minimum atomic E-state index is 0.798. The van der Waals surface area contributed by atoms with Gasteiger partial charge >= 0.3 is 0 Å². The number of rotatable bonds is 9. The second-order valence-electron chi connectivity index (χ2n) is 8.08. The number of anilines is 1. The van der Waals surface area contributed by atoms with Gasteiger partial charge in [0.15, 0.2) is 0 Å². The van der Waals surface area contributed by atoms with Gasteiger partial charge in [0, 0.05) is 23.7 Å². The first-order valence-corrected chi connectivity index (χ1v) is 12.1. The minimum Gasteiger partial charge on any atom is -0.320 e. The van der Waals surface area contributed by atoms with Crippen LogP contribution in [0, 0.1) is 13.8 Å². The van der Waals surface area contributed by atoms with Gasteiger partial charge in [0.1, 0.15) is 10.8 Å². The van der Waals surface area contributed by atoms with Gasteiger partial charge in [-0.25, -0.2) is 0 Å². The molecule has 0 N–H and O–H groups in total. The first-order chi connectivity index (χ1) is 15.9. The molecule has 4 heteroatoms. The molecule has 1 heterocycles. The number of aryl methyl sites for hydroxylation is 2. The lowest BCUT2D eigenvalue weighted by Gasteiger charge is -2.23. The Hall–Kier alpha value is -3.24. The Morgan fingerprint density at radius 3 is 2.18 bits per heavy atom. The largest absolute Gasteiger partial charge is 0.320 e. The van der Waals surface area contributed by atoms with Crippen LogP contribution in [0.3, 0.4) is 0 Å². The monoisotopic (exact) mass is 455 g/mol. The predicted molar refractivity (Wildman–Crippen MR) is 148 cm³/mol. The number of allylic oxidation sites excluding steroid dienone is 1. The first-order valence-electron chi connectivity index (χ1n) is 11.3. The molecule has 0 amide bonds. The van der Waals surface area contributed by atoms with Crippen molar-refractivity contribution in [1.29, 1.82) is 0 Å². The number of hydrogen-bond acceptors (Lipinski definition) is 3. The Balaban J connectivity index is 1.91. The molecular weight excluding hydrogens is 422 g/mol. The maximum Gasteiger partial charge on any atom is 0.129 e. The fourth-order valence-corrected chi connectivity index (χ4v) is 5.27. The van der Waals surface area contributed by atoms with Gasteiger partial charge in [-0.3, -0.25) is 0 Å². The zero-order valence-electron chi connectivity index (χ0n) is 20.2. The third kappa shape index (κ3) is 5.40. The molecule has 33 heavy (non-hydrogen) atoms. The van der Waals surface area contributed by atoms with E-state index in [9.17, 15) is 0 Å². The van der Waals surface area contributed by atoms with E-state index in [1.54, 1.807) is 11.3 Å².